The fourth-order valence-corrected chi connectivity index (χ4v) is 1.61. The summed E-state index contributed by atoms with van der Waals surface area (Å²) in [7, 11) is 0. The molecule has 0 radical (unpaired) electrons. The van der Waals surface area contributed by atoms with Crippen LogP contribution < -0.4 is 5.32 Å². The average Bonchev–Trinajstić information content (AvgIpc) is 2.70. The number of aryl methyl sites for hydroxylation is 1. The molecule has 0 aliphatic heterocycles. The number of fused-ring (bicyclic) bond motifs is 1. The van der Waals surface area contributed by atoms with Crippen LogP contribution in [0, 0.1) is 19.3 Å². The Labute approximate surface area is 101 Å². The van der Waals surface area contributed by atoms with Crippen molar-refractivity contribution in [3.63, 3.8) is 0 Å². The van der Waals surface area contributed by atoms with E-state index in [0.29, 0.717) is 5.95 Å². The predicted octanol–water partition coefficient (Wildman–Crippen LogP) is 2.25. The number of hydrogen-bond donors (Lipinski definition) is 1. The van der Waals surface area contributed by atoms with Gasteiger partial charge < -0.3 is 5.32 Å². The van der Waals surface area contributed by atoms with Crippen molar-refractivity contribution in [2.75, 3.05) is 11.9 Å². The van der Waals surface area contributed by atoms with E-state index in [1.807, 2.05) is 25.3 Å². The van der Waals surface area contributed by atoms with Gasteiger partial charge in [0.1, 0.15) is 0 Å². The molecule has 2 aromatic rings. The minimum absolute atomic E-state index is 0.677. The van der Waals surface area contributed by atoms with E-state index in [0.717, 1.165) is 31.5 Å². The average molecular weight is 228 g/mol. The third-order valence-electron chi connectivity index (χ3n) is 2.52. The van der Waals surface area contributed by atoms with E-state index in [1.165, 1.54) is 5.56 Å². The van der Waals surface area contributed by atoms with Gasteiger partial charge in [0.05, 0.1) is 0 Å². The third-order valence-corrected chi connectivity index (χ3v) is 2.52. The first-order valence-electron chi connectivity index (χ1n) is 5.80. The molecule has 4 heteroatoms. The van der Waals surface area contributed by atoms with Crippen molar-refractivity contribution in [1.29, 1.82) is 0 Å². The molecule has 0 aliphatic rings. The van der Waals surface area contributed by atoms with Crippen LogP contribution in [-0.2, 0) is 0 Å². The summed E-state index contributed by atoms with van der Waals surface area (Å²) in [5.74, 6) is 3.31. The molecule has 17 heavy (non-hydrogen) atoms. The van der Waals surface area contributed by atoms with Gasteiger partial charge >= 0.3 is 0 Å². The summed E-state index contributed by atoms with van der Waals surface area (Å²) in [5, 5.41) is 7.53. The lowest BCUT2D eigenvalue weighted by atomic mass is 10.2. The van der Waals surface area contributed by atoms with Crippen LogP contribution in [0.15, 0.2) is 18.3 Å². The molecular formula is C13H16N4. The van der Waals surface area contributed by atoms with Gasteiger partial charge in [-0.25, -0.2) is 4.52 Å². The molecule has 0 saturated heterocycles. The van der Waals surface area contributed by atoms with Gasteiger partial charge in [-0.1, -0.05) is 0 Å². The molecule has 0 bridgehead atoms. The number of hydrogen-bond acceptors (Lipinski definition) is 3. The van der Waals surface area contributed by atoms with Gasteiger partial charge in [-0.2, -0.15) is 4.98 Å². The SMILES string of the molecule is C#CCCCCNc1nc2cc(C)ccn2n1. The van der Waals surface area contributed by atoms with Crippen LogP contribution in [0.4, 0.5) is 5.95 Å². The predicted molar refractivity (Wildman–Crippen MR) is 68.9 cm³/mol. The molecule has 2 heterocycles. The van der Waals surface area contributed by atoms with Gasteiger partial charge in [-0.05, 0) is 37.5 Å². The topological polar surface area (TPSA) is 42.2 Å². The molecule has 0 unspecified atom stereocenters. The van der Waals surface area contributed by atoms with Crippen LogP contribution in [-0.4, -0.2) is 21.1 Å². The fourth-order valence-electron chi connectivity index (χ4n) is 1.61. The van der Waals surface area contributed by atoms with Crippen LogP contribution in [0.1, 0.15) is 24.8 Å². The molecule has 0 fully saturated rings. The summed E-state index contributed by atoms with van der Waals surface area (Å²) >= 11 is 0. The second kappa shape index (κ2) is 5.35. The Kier molecular flexibility index (Phi) is 3.61. The van der Waals surface area contributed by atoms with Crippen LogP contribution in [0.25, 0.3) is 5.65 Å². The zero-order valence-electron chi connectivity index (χ0n) is 9.98. The highest BCUT2D eigenvalue weighted by Gasteiger charge is 2.01. The second-order valence-electron chi connectivity index (χ2n) is 4.03. The normalized spacial score (nSPS) is 10.4. The van der Waals surface area contributed by atoms with Gasteiger partial charge in [0.15, 0.2) is 5.65 Å². The van der Waals surface area contributed by atoms with Crippen LogP contribution in [0.3, 0.4) is 0 Å². The van der Waals surface area contributed by atoms with Gasteiger partial charge in [-0.3, -0.25) is 0 Å². The summed E-state index contributed by atoms with van der Waals surface area (Å²) in [6.45, 7) is 2.90. The van der Waals surface area contributed by atoms with Crippen molar-refractivity contribution >= 4 is 11.6 Å². The van der Waals surface area contributed by atoms with E-state index in [9.17, 15) is 0 Å². The number of anilines is 1. The second-order valence-corrected chi connectivity index (χ2v) is 4.03. The van der Waals surface area contributed by atoms with Crippen molar-refractivity contribution in [2.45, 2.75) is 26.2 Å². The molecule has 4 nitrogen and oxygen atoms in total. The molecule has 88 valence electrons. The molecule has 0 aromatic carbocycles. The molecule has 2 aromatic heterocycles. The third kappa shape index (κ3) is 2.97. The molecule has 2 rings (SSSR count). The Hall–Kier alpha value is -2.02. The van der Waals surface area contributed by atoms with E-state index in [2.05, 4.69) is 21.3 Å². The minimum Gasteiger partial charge on any atom is -0.353 e. The molecule has 0 aliphatic carbocycles. The number of aromatic nitrogens is 3. The monoisotopic (exact) mass is 228 g/mol. The smallest absolute Gasteiger partial charge is 0.243 e. The van der Waals surface area contributed by atoms with Crippen LogP contribution in [0.2, 0.25) is 0 Å². The molecule has 0 saturated carbocycles. The van der Waals surface area contributed by atoms with Crippen molar-refractivity contribution in [1.82, 2.24) is 14.6 Å². The summed E-state index contributed by atoms with van der Waals surface area (Å²) < 4.78 is 1.77. The lowest BCUT2D eigenvalue weighted by Crippen LogP contribution is -2.02. The lowest BCUT2D eigenvalue weighted by molar-refractivity contribution is 0.783. The Morgan fingerprint density at radius 1 is 1.47 bits per heavy atom. The maximum absolute atomic E-state index is 5.19. The summed E-state index contributed by atoms with van der Waals surface area (Å²) in [5.41, 5.74) is 2.06. The zero-order chi connectivity index (χ0) is 12.1. The Morgan fingerprint density at radius 3 is 3.18 bits per heavy atom. The zero-order valence-corrected chi connectivity index (χ0v) is 9.98. The van der Waals surface area contributed by atoms with Crippen molar-refractivity contribution in [2.24, 2.45) is 0 Å². The first-order chi connectivity index (χ1) is 8.29. The van der Waals surface area contributed by atoms with E-state index in [4.69, 9.17) is 6.42 Å². The standard InChI is InChI=1S/C13H16N4/c1-3-4-5-6-8-14-13-15-12-10-11(2)7-9-17(12)16-13/h1,7,9-10H,4-6,8H2,2H3,(H,14,16). The van der Waals surface area contributed by atoms with Crippen molar-refractivity contribution < 1.29 is 0 Å². The van der Waals surface area contributed by atoms with Crippen LogP contribution in [0.5, 0.6) is 0 Å². The Morgan fingerprint density at radius 2 is 2.35 bits per heavy atom. The molecule has 0 spiro atoms. The van der Waals surface area contributed by atoms with Crippen LogP contribution >= 0.6 is 0 Å². The van der Waals surface area contributed by atoms with Crippen molar-refractivity contribution in [3.8, 4) is 12.3 Å². The van der Waals surface area contributed by atoms with Gasteiger partial charge in [0, 0.05) is 19.2 Å². The van der Waals surface area contributed by atoms with Crippen molar-refractivity contribution in [3.05, 3.63) is 23.9 Å². The van der Waals surface area contributed by atoms with Gasteiger partial charge in [0.25, 0.3) is 0 Å². The van der Waals surface area contributed by atoms with Gasteiger partial charge in [0.2, 0.25) is 5.95 Å². The van der Waals surface area contributed by atoms with Gasteiger partial charge in [-0.15, -0.1) is 17.4 Å². The Balaban J connectivity index is 1.93. The lowest BCUT2D eigenvalue weighted by Gasteiger charge is -1.98. The quantitative estimate of drug-likeness (QED) is 0.630. The maximum Gasteiger partial charge on any atom is 0.243 e. The minimum atomic E-state index is 0.677. The highest BCUT2D eigenvalue weighted by atomic mass is 15.3. The number of rotatable bonds is 5. The summed E-state index contributed by atoms with van der Waals surface area (Å²) in [6, 6.07) is 4.02. The maximum atomic E-state index is 5.19. The molecule has 0 amide bonds. The summed E-state index contributed by atoms with van der Waals surface area (Å²) in [4.78, 5) is 4.39. The number of unbranched alkanes of at least 4 members (excludes halogenated alkanes) is 2. The molecule has 0 atom stereocenters. The van der Waals surface area contributed by atoms with E-state index in [-0.39, 0.29) is 0 Å². The largest absolute Gasteiger partial charge is 0.353 e. The highest BCUT2D eigenvalue weighted by Crippen LogP contribution is 2.07. The Bertz CT molecular complexity index is 536. The molecular weight excluding hydrogens is 212 g/mol. The van der Waals surface area contributed by atoms with E-state index >= 15 is 0 Å². The highest BCUT2D eigenvalue weighted by molar-refractivity contribution is 5.45. The van der Waals surface area contributed by atoms with E-state index in [1.54, 1.807) is 4.52 Å². The molecule has 1 N–H and O–H groups in total. The summed E-state index contributed by atoms with van der Waals surface area (Å²) in [6.07, 6.45) is 10.0. The first kappa shape index (κ1) is 11.5. The number of terminal acetylenes is 1. The first-order valence-corrected chi connectivity index (χ1v) is 5.80. The fraction of sp³-hybridized carbons (Fsp3) is 0.385. The number of nitrogens with zero attached hydrogens (tertiary/aromatic N) is 3. The van der Waals surface area contributed by atoms with E-state index < -0.39 is 0 Å². The number of pyridine rings is 1. The number of nitrogens with one attached hydrogen (secondary N) is 1.